The molecule has 1 aromatic heterocycles. The zero-order valence-corrected chi connectivity index (χ0v) is 17.8. The molecular formula is C24H28FN3O2. The Morgan fingerprint density at radius 1 is 1.30 bits per heavy atom. The number of aromatic nitrogens is 1. The molecule has 3 rings (SSSR count). The highest BCUT2D eigenvalue weighted by atomic mass is 19.1. The Balaban J connectivity index is 1.91. The van der Waals surface area contributed by atoms with Gasteiger partial charge in [-0.1, -0.05) is 19.1 Å². The number of hydrogen-bond donors (Lipinski definition) is 1. The van der Waals surface area contributed by atoms with E-state index in [9.17, 15) is 14.4 Å². The van der Waals surface area contributed by atoms with Gasteiger partial charge in [-0.15, -0.1) is 0 Å². The summed E-state index contributed by atoms with van der Waals surface area (Å²) in [6.45, 7) is 8.01. The molecular weight excluding hydrogens is 381 g/mol. The van der Waals surface area contributed by atoms with Gasteiger partial charge in [0.05, 0.1) is 5.54 Å². The van der Waals surface area contributed by atoms with E-state index in [1.807, 2.05) is 19.9 Å². The number of aryl methyl sites for hydroxylation is 1. The zero-order valence-electron chi connectivity index (χ0n) is 17.8. The largest absolute Gasteiger partial charge is 0.381 e. The van der Waals surface area contributed by atoms with Crippen molar-refractivity contribution in [1.82, 2.24) is 9.88 Å². The van der Waals surface area contributed by atoms with Crippen LogP contribution in [0.25, 0.3) is 6.08 Å². The second kappa shape index (κ2) is 9.27. The summed E-state index contributed by atoms with van der Waals surface area (Å²) in [6.07, 6.45) is 3.79. The molecule has 0 bridgehead atoms. The number of rotatable bonds is 6. The predicted octanol–water partition coefficient (Wildman–Crippen LogP) is 4.38. The van der Waals surface area contributed by atoms with Gasteiger partial charge in [0.2, 0.25) is 0 Å². The van der Waals surface area contributed by atoms with Gasteiger partial charge in [-0.25, -0.2) is 4.39 Å². The molecule has 1 amide bonds. The molecule has 5 nitrogen and oxygen atoms in total. The number of ether oxygens (including phenoxy) is 1. The number of hydrogen-bond acceptors (Lipinski definition) is 3. The average molecular weight is 410 g/mol. The third kappa shape index (κ3) is 4.47. The number of benzene rings is 1. The van der Waals surface area contributed by atoms with Crippen LogP contribution in [0.4, 0.5) is 4.39 Å². The van der Waals surface area contributed by atoms with E-state index in [0.29, 0.717) is 26.1 Å². The van der Waals surface area contributed by atoms with Crippen molar-refractivity contribution >= 4 is 12.0 Å². The highest BCUT2D eigenvalue weighted by Gasteiger charge is 2.36. The Morgan fingerprint density at radius 3 is 2.57 bits per heavy atom. The first-order chi connectivity index (χ1) is 14.4. The lowest BCUT2D eigenvalue weighted by molar-refractivity contribution is -0.120. The van der Waals surface area contributed by atoms with E-state index < -0.39 is 11.4 Å². The van der Waals surface area contributed by atoms with Crippen LogP contribution in [0.3, 0.4) is 0 Å². The maximum atomic E-state index is 13.4. The van der Waals surface area contributed by atoms with Crippen molar-refractivity contribution < 1.29 is 13.9 Å². The first-order valence-electron chi connectivity index (χ1n) is 10.3. The van der Waals surface area contributed by atoms with Crippen LogP contribution >= 0.6 is 0 Å². The molecule has 6 heteroatoms. The molecule has 0 aliphatic carbocycles. The lowest BCUT2D eigenvalue weighted by Crippen LogP contribution is -2.49. The summed E-state index contributed by atoms with van der Waals surface area (Å²) in [5.74, 6) is -0.753. The van der Waals surface area contributed by atoms with Crippen LogP contribution in [0.1, 0.15) is 48.7 Å². The van der Waals surface area contributed by atoms with E-state index in [4.69, 9.17) is 4.74 Å². The molecule has 1 N–H and O–H groups in total. The standard InChI is InChI=1S/C24H28FN3O2/c1-4-11-28-17(2)14-19(18(28)3)15-20(16-26)23(29)27-24(9-12-30-13-10-24)21-5-7-22(25)8-6-21/h5-8,14-15H,4,9-13H2,1-3H3,(H,27,29)/b20-15-. The van der Waals surface area contributed by atoms with E-state index in [-0.39, 0.29) is 11.4 Å². The molecule has 2 aromatic rings. The van der Waals surface area contributed by atoms with Crippen LogP contribution in [-0.4, -0.2) is 23.7 Å². The molecule has 0 radical (unpaired) electrons. The average Bonchev–Trinajstić information content (AvgIpc) is 3.00. The fraction of sp³-hybridized carbons (Fsp3) is 0.417. The normalized spacial score (nSPS) is 16.2. The van der Waals surface area contributed by atoms with Gasteiger partial charge < -0.3 is 14.6 Å². The van der Waals surface area contributed by atoms with E-state index >= 15 is 0 Å². The van der Waals surface area contributed by atoms with Crippen molar-refractivity contribution in [1.29, 1.82) is 5.26 Å². The summed E-state index contributed by atoms with van der Waals surface area (Å²) in [7, 11) is 0. The minimum atomic E-state index is -0.682. The Labute approximate surface area is 177 Å². The monoisotopic (exact) mass is 409 g/mol. The molecule has 158 valence electrons. The maximum absolute atomic E-state index is 13.4. The number of halogens is 1. The molecule has 0 unspecified atom stereocenters. The molecule has 1 saturated heterocycles. The minimum Gasteiger partial charge on any atom is -0.381 e. The third-order valence-electron chi connectivity index (χ3n) is 5.82. The van der Waals surface area contributed by atoms with Crippen molar-refractivity contribution in [2.45, 2.75) is 52.1 Å². The first kappa shape index (κ1) is 21.8. The SMILES string of the molecule is CCCn1c(C)cc(/C=C(/C#N)C(=O)NC2(c3ccc(F)cc3)CCOCC2)c1C. The van der Waals surface area contributed by atoms with Crippen LogP contribution in [0.15, 0.2) is 35.9 Å². The van der Waals surface area contributed by atoms with Crippen LogP contribution in [0.2, 0.25) is 0 Å². The lowest BCUT2D eigenvalue weighted by atomic mass is 9.82. The van der Waals surface area contributed by atoms with Gasteiger partial charge in [0.25, 0.3) is 5.91 Å². The topological polar surface area (TPSA) is 67.0 Å². The van der Waals surface area contributed by atoms with Crippen LogP contribution in [0, 0.1) is 31.0 Å². The molecule has 1 fully saturated rings. The number of amides is 1. The van der Waals surface area contributed by atoms with Crippen molar-refractivity contribution in [2.24, 2.45) is 0 Å². The van der Waals surface area contributed by atoms with Gasteiger partial charge >= 0.3 is 0 Å². The molecule has 2 heterocycles. The Bertz CT molecular complexity index is 977. The third-order valence-corrected chi connectivity index (χ3v) is 5.82. The molecule has 0 saturated carbocycles. The second-order valence-electron chi connectivity index (χ2n) is 7.80. The Hall–Kier alpha value is -2.91. The summed E-state index contributed by atoms with van der Waals surface area (Å²) < 4.78 is 21.1. The molecule has 30 heavy (non-hydrogen) atoms. The second-order valence-corrected chi connectivity index (χ2v) is 7.80. The number of nitriles is 1. The lowest BCUT2D eigenvalue weighted by Gasteiger charge is -2.38. The van der Waals surface area contributed by atoms with E-state index in [1.165, 1.54) is 12.1 Å². The quantitative estimate of drug-likeness (QED) is 0.569. The summed E-state index contributed by atoms with van der Waals surface area (Å²) in [4.78, 5) is 13.1. The van der Waals surface area contributed by atoms with Gasteiger partial charge in [-0.3, -0.25) is 4.79 Å². The Kier molecular flexibility index (Phi) is 6.73. The van der Waals surface area contributed by atoms with Crippen molar-refractivity contribution in [3.63, 3.8) is 0 Å². The number of carbonyl (C=O) groups excluding carboxylic acids is 1. The molecule has 0 atom stereocenters. The number of nitrogens with zero attached hydrogens (tertiary/aromatic N) is 2. The minimum absolute atomic E-state index is 0.0553. The predicted molar refractivity (Wildman–Crippen MR) is 114 cm³/mol. The van der Waals surface area contributed by atoms with Crippen molar-refractivity contribution in [3.8, 4) is 6.07 Å². The summed E-state index contributed by atoms with van der Waals surface area (Å²) in [6, 6.07) is 10.2. The summed E-state index contributed by atoms with van der Waals surface area (Å²) in [5, 5.41) is 12.8. The molecule has 1 aromatic carbocycles. The smallest absolute Gasteiger partial charge is 0.262 e. The number of nitrogens with one attached hydrogen (secondary N) is 1. The van der Waals surface area contributed by atoms with Crippen molar-refractivity contribution in [2.75, 3.05) is 13.2 Å². The van der Waals surface area contributed by atoms with Gasteiger partial charge in [-0.2, -0.15) is 5.26 Å². The highest BCUT2D eigenvalue weighted by Crippen LogP contribution is 2.33. The van der Waals surface area contributed by atoms with E-state index in [0.717, 1.165) is 35.5 Å². The maximum Gasteiger partial charge on any atom is 0.262 e. The van der Waals surface area contributed by atoms with Crippen molar-refractivity contribution in [3.05, 3.63) is 64.2 Å². The number of carbonyl (C=O) groups is 1. The van der Waals surface area contributed by atoms with Gasteiger partial charge in [0.15, 0.2) is 0 Å². The van der Waals surface area contributed by atoms with Gasteiger partial charge in [0, 0.05) is 31.1 Å². The summed E-state index contributed by atoms with van der Waals surface area (Å²) >= 11 is 0. The zero-order chi connectivity index (χ0) is 21.7. The van der Waals surface area contributed by atoms with E-state index in [1.54, 1.807) is 18.2 Å². The molecule has 1 aliphatic rings. The fourth-order valence-electron chi connectivity index (χ4n) is 4.10. The van der Waals surface area contributed by atoms with E-state index in [2.05, 4.69) is 22.9 Å². The summed E-state index contributed by atoms with van der Waals surface area (Å²) in [5.41, 5.74) is 3.20. The van der Waals surface area contributed by atoms with Gasteiger partial charge in [0.1, 0.15) is 17.5 Å². The van der Waals surface area contributed by atoms with Crippen LogP contribution in [-0.2, 0) is 21.6 Å². The molecule has 0 spiro atoms. The van der Waals surface area contributed by atoms with Crippen LogP contribution < -0.4 is 5.32 Å². The highest BCUT2D eigenvalue weighted by molar-refractivity contribution is 6.02. The first-order valence-corrected chi connectivity index (χ1v) is 10.3. The Morgan fingerprint density at radius 2 is 1.97 bits per heavy atom. The molecule has 1 aliphatic heterocycles. The van der Waals surface area contributed by atoms with Crippen LogP contribution in [0.5, 0.6) is 0 Å². The van der Waals surface area contributed by atoms with Gasteiger partial charge in [-0.05, 0) is 68.5 Å². The fourth-order valence-corrected chi connectivity index (χ4v) is 4.10.